The number of rotatable bonds is 3. The van der Waals surface area contributed by atoms with Crippen LogP contribution in [0.5, 0.6) is 0 Å². The van der Waals surface area contributed by atoms with Crippen LogP contribution in [-0.2, 0) is 18.4 Å². The molecule has 0 aliphatic heterocycles. The fraction of sp³-hybridized carbons (Fsp3) is 0.353. The molecule has 0 amide bonds. The molecule has 1 aromatic carbocycles. The van der Waals surface area contributed by atoms with Crippen molar-refractivity contribution < 1.29 is 0 Å². The Balaban J connectivity index is 2.43. The summed E-state index contributed by atoms with van der Waals surface area (Å²) in [6.45, 7) is 6.82. The van der Waals surface area contributed by atoms with E-state index in [0.29, 0.717) is 12.4 Å². The Kier molecular flexibility index (Phi) is 3.85. The van der Waals surface area contributed by atoms with Crippen LogP contribution in [0.15, 0.2) is 30.3 Å². The first-order valence-electron chi connectivity index (χ1n) is 6.76. The summed E-state index contributed by atoms with van der Waals surface area (Å²) >= 11 is 0. The van der Waals surface area contributed by atoms with E-state index in [-0.39, 0.29) is 5.41 Å². The Morgan fingerprint density at radius 2 is 1.90 bits per heavy atom. The van der Waals surface area contributed by atoms with E-state index in [1.54, 1.807) is 0 Å². The molecule has 2 N–H and O–H groups in total. The van der Waals surface area contributed by atoms with E-state index < -0.39 is 0 Å². The third-order valence-corrected chi connectivity index (χ3v) is 3.22. The van der Waals surface area contributed by atoms with Gasteiger partial charge >= 0.3 is 0 Å². The van der Waals surface area contributed by atoms with Gasteiger partial charge in [-0.3, -0.25) is 0 Å². The standard InChI is InChI=1S/C17H21N3/c1-5-11-20-15(18)14(19-16(20)17(2,3)4)12-13-9-7-6-8-10-13/h1,6-10H,11-12,18H2,2-4H3. The van der Waals surface area contributed by atoms with E-state index in [0.717, 1.165) is 17.9 Å². The minimum atomic E-state index is -0.0834. The largest absolute Gasteiger partial charge is 0.384 e. The average molecular weight is 267 g/mol. The highest BCUT2D eigenvalue weighted by Crippen LogP contribution is 2.27. The number of imidazole rings is 1. The van der Waals surface area contributed by atoms with E-state index in [2.05, 4.69) is 38.8 Å². The number of anilines is 1. The maximum absolute atomic E-state index is 6.24. The lowest BCUT2D eigenvalue weighted by Gasteiger charge is -2.19. The lowest BCUT2D eigenvalue weighted by molar-refractivity contribution is 0.516. The van der Waals surface area contributed by atoms with Gasteiger partial charge in [-0.05, 0) is 5.56 Å². The van der Waals surface area contributed by atoms with Crippen molar-refractivity contribution in [1.29, 1.82) is 0 Å². The summed E-state index contributed by atoms with van der Waals surface area (Å²) in [4.78, 5) is 4.74. The number of hydrogen-bond acceptors (Lipinski definition) is 2. The zero-order valence-corrected chi connectivity index (χ0v) is 12.4. The van der Waals surface area contributed by atoms with Crippen LogP contribution in [0.25, 0.3) is 0 Å². The van der Waals surface area contributed by atoms with Gasteiger partial charge in [-0.15, -0.1) is 6.42 Å². The molecule has 0 fully saturated rings. The van der Waals surface area contributed by atoms with Gasteiger partial charge in [0.15, 0.2) is 0 Å². The zero-order chi connectivity index (χ0) is 14.8. The minimum absolute atomic E-state index is 0.0834. The maximum Gasteiger partial charge on any atom is 0.128 e. The average Bonchev–Trinajstić information content (AvgIpc) is 2.69. The SMILES string of the molecule is C#CCn1c(C(C)(C)C)nc(Cc2ccccc2)c1N. The molecule has 20 heavy (non-hydrogen) atoms. The second-order valence-corrected chi connectivity index (χ2v) is 5.97. The van der Waals surface area contributed by atoms with Gasteiger partial charge in [0, 0.05) is 11.8 Å². The lowest BCUT2D eigenvalue weighted by Crippen LogP contribution is -2.19. The summed E-state index contributed by atoms with van der Waals surface area (Å²) in [6.07, 6.45) is 6.18. The Labute approximate surface area is 120 Å². The van der Waals surface area contributed by atoms with Gasteiger partial charge in [-0.1, -0.05) is 57.0 Å². The highest BCUT2D eigenvalue weighted by molar-refractivity contribution is 5.43. The van der Waals surface area contributed by atoms with E-state index in [1.807, 2.05) is 22.8 Å². The summed E-state index contributed by atoms with van der Waals surface area (Å²) in [7, 11) is 0. The van der Waals surface area contributed by atoms with Crippen LogP contribution in [-0.4, -0.2) is 9.55 Å². The Bertz CT molecular complexity index is 625. The highest BCUT2D eigenvalue weighted by Gasteiger charge is 2.24. The molecule has 0 radical (unpaired) electrons. The second-order valence-electron chi connectivity index (χ2n) is 5.97. The molecule has 1 heterocycles. The topological polar surface area (TPSA) is 43.8 Å². The molecule has 0 bridgehead atoms. The Morgan fingerprint density at radius 1 is 1.25 bits per heavy atom. The van der Waals surface area contributed by atoms with Gasteiger partial charge in [-0.2, -0.15) is 0 Å². The van der Waals surface area contributed by atoms with E-state index >= 15 is 0 Å². The fourth-order valence-corrected chi connectivity index (χ4v) is 2.26. The molecule has 0 saturated heterocycles. The second kappa shape index (κ2) is 5.42. The summed E-state index contributed by atoms with van der Waals surface area (Å²) in [5.74, 6) is 4.28. The van der Waals surface area contributed by atoms with Crippen molar-refractivity contribution in [2.45, 2.75) is 39.2 Å². The summed E-state index contributed by atoms with van der Waals surface area (Å²) < 4.78 is 1.94. The molecule has 104 valence electrons. The first-order valence-corrected chi connectivity index (χ1v) is 6.76. The Hall–Kier alpha value is -2.21. The smallest absolute Gasteiger partial charge is 0.128 e. The minimum Gasteiger partial charge on any atom is -0.384 e. The highest BCUT2D eigenvalue weighted by atomic mass is 15.1. The van der Waals surface area contributed by atoms with Crippen molar-refractivity contribution in [2.24, 2.45) is 0 Å². The number of hydrogen-bond donors (Lipinski definition) is 1. The number of terminal acetylenes is 1. The Morgan fingerprint density at radius 3 is 2.45 bits per heavy atom. The number of aromatic nitrogens is 2. The lowest BCUT2D eigenvalue weighted by atomic mass is 9.95. The molecule has 2 rings (SSSR count). The van der Waals surface area contributed by atoms with Crippen molar-refractivity contribution in [3.63, 3.8) is 0 Å². The van der Waals surface area contributed by atoms with Crippen LogP contribution < -0.4 is 5.73 Å². The third kappa shape index (κ3) is 2.85. The van der Waals surface area contributed by atoms with Crippen LogP contribution in [0.2, 0.25) is 0 Å². The van der Waals surface area contributed by atoms with E-state index in [4.69, 9.17) is 17.1 Å². The molecular weight excluding hydrogens is 246 g/mol. The van der Waals surface area contributed by atoms with Crippen molar-refractivity contribution in [3.8, 4) is 12.3 Å². The molecule has 0 aliphatic rings. The fourth-order valence-electron chi connectivity index (χ4n) is 2.26. The van der Waals surface area contributed by atoms with Crippen LogP contribution in [0.4, 0.5) is 5.82 Å². The first-order chi connectivity index (χ1) is 9.43. The molecular formula is C17H21N3. The number of nitrogen functional groups attached to an aromatic ring is 1. The van der Waals surface area contributed by atoms with Gasteiger partial charge in [0.05, 0.1) is 12.2 Å². The normalized spacial score (nSPS) is 11.3. The quantitative estimate of drug-likeness (QED) is 0.869. The molecule has 0 spiro atoms. The van der Waals surface area contributed by atoms with Crippen molar-refractivity contribution in [1.82, 2.24) is 9.55 Å². The van der Waals surface area contributed by atoms with Gasteiger partial charge in [0.25, 0.3) is 0 Å². The molecule has 0 atom stereocenters. The number of benzene rings is 1. The molecule has 0 unspecified atom stereocenters. The van der Waals surface area contributed by atoms with Gasteiger partial charge in [0.2, 0.25) is 0 Å². The summed E-state index contributed by atoms with van der Waals surface area (Å²) in [5.41, 5.74) is 8.25. The maximum atomic E-state index is 6.24. The van der Waals surface area contributed by atoms with Crippen molar-refractivity contribution in [2.75, 3.05) is 5.73 Å². The first kappa shape index (κ1) is 14.2. The van der Waals surface area contributed by atoms with Crippen molar-refractivity contribution in [3.05, 3.63) is 47.4 Å². The predicted molar refractivity (Wildman–Crippen MR) is 83.4 cm³/mol. The summed E-state index contributed by atoms with van der Waals surface area (Å²) in [6, 6.07) is 10.2. The van der Waals surface area contributed by atoms with Gasteiger partial charge in [0.1, 0.15) is 11.6 Å². The molecule has 3 heteroatoms. The third-order valence-electron chi connectivity index (χ3n) is 3.22. The molecule has 0 saturated carbocycles. The molecule has 2 aromatic rings. The molecule has 0 aliphatic carbocycles. The predicted octanol–water partition coefficient (Wildman–Crippen LogP) is 2.99. The van der Waals surface area contributed by atoms with Gasteiger partial charge in [-0.25, -0.2) is 4.98 Å². The van der Waals surface area contributed by atoms with Crippen LogP contribution in [0, 0.1) is 12.3 Å². The number of nitrogens with zero attached hydrogens (tertiary/aromatic N) is 2. The van der Waals surface area contributed by atoms with Crippen LogP contribution in [0.3, 0.4) is 0 Å². The summed E-state index contributed by atoms with van der Waals surface area (Å²) in [5, 5.41) is 0. The van der Waals surface area contributed by atoms with Crippen LogP contribution in [0.1, 0.15) is 37.9 Å². The van der Waals surface area contributed by atoms with E-state index in [9.17, 15) is 0 Å². The molecule has 3 nitrogen and oxygen atoms in total. The monoisotopic (exact) mass is 267 g/mol. The zero-order valence-electron chi connectivity index (χ0n) is 12.4. The van der Waals surface area contributed by atoms with E-state index in [1.165, 1.54) is 5.56 Å². The van der Waals surface area contributed by atoms with Crippen LogP contribution >= 0.6 is 0 Å². The van der Waals surface area contributed by atoms with Crippen molar-refractivity contribution >= 4 is 5.82 Å². The van der Waals surface area contributed by atoms with Gasteiger partial charge < -0.3 is 10.3 Å². The molecule has 1 aromatic heterocycles. The number of nitrogens with two attached hydrogens (primary N) is 1.